The summed E-state index contributed by atoms with van der Waals surface area (Å²) in [6.45, 7) is -3.28. The number of ether oxygens (including phenoxy) is 1. The van der Waals surface area contributed by atoms with Gasteiger partial charge in [0.05, 0.1) is 21.8 Å². The van der Waals surface area contributed by atoms with E-state index in [9.17, 15) is 26.7 Å². The fourth-order valence-corrected chi connectivity index (χ4v) is 2.43. The summed E-state index contributed by atoms with van der Waals surface area (Å²) in [4.78, 5) is 11.2. The minimum atomic E-state index is -4.70. The minimum absolute atomic E-state index is 0.266. The molecule has 1 aromatic carbocycles. The normalized spacial score (nSPS) is 11.8. The molecule has 5 nitrogen and oxygen atoms in total. The molecule has 12 heteroatoms. The lowest BCUT2D eigenvalue weighted by atomic mass is 10.2. The van der Waals surface area contributed by atoms with Gasteiger partial charge in [-0.05, 0) is 12.1 Å². The molecule has 1 amide bonds. The molecule has 0 aliphatic carbocycles. The van der Waals surface area contributed by atoms with Crippen LogP contribution in [0.1, 0.15) is 16.1 Å². The van der Waals surface area contributed by atoms with Gasteiger partial charge in [0.2, 0.25) is 0 Å². The molecule has 0 saturated carbocycles. The van der Waals surface area contributed by atoms with Crippen LogP contribution in [0.15, 0.2) is 18.3 Å². The van der Waals surface area contributed by atoms with Crippen LogP contribution in [-0.4, -0.2) is 22.3 Å². The Balaban J connectivity index is 2.58. The SMILES string of the molecule is NC(=O)c1nn(-c2c(Cl)cc(C(F)(F)F)cc2Cl)cc1OC(F)F. The van der Waals surface area contributed by atoms with E-state index in [1.54, 1.807) is 0 Å². The first kappa shape index (κ1) is 18.3. The van der Waals surface area contributed by atoms with Crippen molar-refractivity contribution >= 4 is 29.1 Å². The predicted octanol–water partition coefficient (Wildman–Crippen LogP) is 3.90. The Hall–Kier alpha value is -2.07. The Morgan fingerprint density at radius 1 is 1.25 bits per heavy atom. The zero-order valence-electron chi connectivity index (χ0n) is 11.2. The average molecular weight is 390 g/mol. The number of halogens is 7. The first-order valence-corrected chi connectivity index (χ1v) is 6.67. The Kier molecular flexibility index (Phi) is 4.90. The number of aromatic nitrogens is 2. The van der Waals surface area contributed by atoms with Crippen molar-refractivity contribution in [2.75, 3.05) is 0 Å². The van der Waals surface area contributed by atoms with Gasteiger partial charge in [0.1, 0.15) is 5.69 Å². The van der Waals surface area contributed by atoms with Gasteiger partial charge in [0, 0.05) is 0 Å². The van der Waals surface area contributed by atoms with Gasteiger partial charge in [-0.2, -0.15) is 27.1 Å². The molecule has 0 radical (unpaired) electrons. The average Bonchev–Trinajstić information content (AvgIpc) is 2.79. The maximum absolute atomic E-state index is 12.7. The van der Waals surface area contributed by atoms with E-state index in [2.05, 4.69) is 9.84 Å². The van der Waals surface area contributed by atoms with Crippen LogP contribution in [0.2, 0.25) is 10.0 Å². The van der Waals surface area contributed by atoms with Crippen LogP contribution in [0.4, 0.5) is 22.0 Å². The van der Waals surface area contributed by atoms with Crippen molar-refractivity contribution in [3.8, 4) is 11.4 Å². The minimum Gasteiger partial charge on any atom is -0.431 e. The molecule has 130 valence electrons. The van der Waals surface area contributed by atoms with Crippen LogP contribution in [0.5, 0.6) is 5.75 Å². The van der Waals surface area contributed by atoms with Crippen LogP contribution in [-0.2, 0) is 6.18 Å². The van der Waals surface area contributed by atoms with E-state index in [1.807, 2.05) is 0 Å². The van der Waals surface area contributed by atoms with Crippen molar-refractivity contribution in [2.24, 2.45) is 5.73 Å². The highest BCUT2D eigenvalue weighted by Crippen LogP contribution is 2.38. The number of amides is 1. The van der Waals surface area contributed by atoms with Gasteiger partial charge in [0.15, 0.2) is 11.4 Å². The second-order valence-electron chi connectivity index (χ2n) is 4.32. The molecule has 1 aromatic heterocycles. The van der Waals surface area contributed by atoms with Crippen LogP contribution < -0.4 is 10.5 Å². The molecular formula is C12H6Cl2F5N3O2. The summed E-state index contributed by atoms with van der Waals surface area (Å²) in [5.41, 5.74) is 2.94. The molecule has 0 unspecified atom stereocenters. The number of carbonyl (C=O) groups is 1. The third kappa shape index (κ3) is 3.70. The van der Waals surface area contributed by atoms with E-state index in [-0.39, 0.29) is 5.69 Å². The number of alkyl halides is 5. The van der Waals surface area contributed by atoms with Crippen LogP contribution in [0, 0.1) is 0 Å². The van der Waals surface area contributed by atoms with Crippen LogP contribution in [0.3, 0.4) is 0 Å². The molecular weight excluding hydrogens is 384 g/mol. The second kappa shape index (κ2) is 6.44. The Labute approximate surface area is 140 Å². The maximum atomic E-state index is 12.7. The highest BCUT2D eigenvalue weighted by molar-refractivity contribution is 6.37. The molecule has 0 bridgehead atoms. The summed E-state index contributed by atoms with van der Waals surface area (Å²) >= 11 is 11.5. The van der Waals surface area contributed by atoms with Gasteiger partial charge in [-0.1, -0.05) is 23.2 Å². The topological polar surface area (TPSA) is 70.1 Å². The van der Waals surface area contributed by atoms with E-state index in [4.69, 9.17) is 28.9 Å². The van der Waals surface area contributed by atoms with Crippen LogP contribution >= 0.6 is 23.2 Å². The van der Waals surface area contributed by atoms with Gasteiger partial charge in [0.25, 0.3) is 5.91 Å². The molecule has 0 saturated heterocycles. The van der Waals surface area contributed by atoms with Gasteiger partial charge in [-0.3, -0.25) is 4.79 Å². The second-order valence-corrected chi connectivity index (χ2v) is 5.13. The lowest BCUT2D eigenvalue weighted by molar-refractivity contribution is -0.137. The van der Waals surface area contributed by atoms with E-state index in [0.29, 0.717) is 12.1 Å². The zero-order chi connectivity index (χ0) is 18.2. The smallest absolute Gasteiger partial charge is 0.416 e. The molecule has 0 spiro atoms. The molecule has 2 rings (SSSR count). The van der Waals surface area contributed by atoms with E-state index in [1.165, 1.54) is 0 Å². The number of carbonyl (C=O) groups excluding carboxylic acids is 1. The lowest BCUT2D eigenvalue weighted by Gasteiger charge is -2.12. The number of benzene rings is 1. The monoisotopic (exact) mass is 389 g/mol. The number of primary amides is 1. The first-order chi connectivity index (χ1) is 11.0. The number of nitrogens with zero attached hydrogens (tertiary/aromatic N) is 2. The summed E-state index contributed by atoms with van der Waals surface area (Å²) < 4.78 is 67.6. The van der Waals surface area contributed by atoms with E-state index >= 15 is 0 Å². The molecule has 0 aliphatic rings. The predicted molar refractivity (Wildman–Crippen MR) is 73.7 cm³/mol. The molecule has 0 atom stereocenters. The quantitative estimate of drug-likeness (QED) is 0.806. The Morgan fingerprint density at radius 3 is 2.21 bits per heavy atom. The number of hydrogen-bond donors (Lipinski definition) is 1. The van der Waals surface area contributed by atoms with E-state index in [0.717, 1.165) is 10.9 Å². The molecule has 0 aliphatic heterocycles. The van der Waals surface area contributed by atoms with Crippen molar-refractivity contribution in [1.29, 1.82) is 0 Å². The van der Waals surface area contributed by atoms with Gasteiger partial charge >= 0.3 is 12.8 Å². The molecule has 1 heterocycles. The summed E-state index contributed by atoms with van der Waals surface area (Å²) in [5.74, 6) is -1.87. The molecule has 2 aromatic rings. The summed E-state index contributed by atoms with van der Waals surface area (Å²) in [6.07, 6.45) is -3.90. The molecule has 0 fully saturated rings. The largest absolute Gasteiger partial charge is 0.431 e. The number of rotatable bonds is 4. The summed E-state index contributed by atoms with van der Waals surface area (Å²) in [6, 6.07) is 1.14. The Bertz CT molecular complexity index is 768. The number of nitrogens with two attached hydrogens (primary N) is 1. The highest BCUT2D eigenvalue weighted by atomic mass is 35.5. The highest BCUT2D eigenvalue weighted by Gasteiger charge is 2.32. The third-order valence-electron chi connectivity index (χ3n) is 2.70. The van der Waals surface area contributed by atoms with Crippen molar-refractivity contribution in [2.45, 2.75) is 12.8 Å². The van der Waals surface area contributed by atoms with Crippen molar-refractivity contribution in [1.82, 2.24) is 9.78 Å². The first-order valence-electron chi connectivity index (χ1n) is 5.91. The number of hydrogen-bond acceptors (Lipinski definition) is 3. The van der Waals surface area contributed by atoms with Gasteiger partial charge < -0.3 is 10.5 Å². The van der Waals surface area contributed by atoms with E-state index < -0.39 is 45.7 Å². The maximum Gasteiger partial charge on any atom is 0.416 e. The Morgan fingerprint density at radius 2 is 1.79 bits per heavy atom. The fourth-order valence-electron chi connectivity index (χ4n) is 1.77. The standard InChI is InChI=1S/C12H6Cl2F5N3O2/c13-5-1-4(12(17,18)19)2-6(14)9(5)22-3-7(24-11(15)16)8(21-22)10(20)23/h1-3,11H,(H2,20,23). The lowest BCUT2D eigenvalue weighted by Crippen LogP contribution is -2.15. The fraction of sp³-hybridized carbons (Fsp3) is 0.167. The third-order valence-corrected chi connectivity index (χ3v) is 3.28. The van der Waals surface area contributed by atoms with Crippen molar-refractivity contribution in [3.63, 3.8) is 0 Å². The summed E-state index contributed by atoms with van der Waals surface area (Å²) in [7, 11) is 0. The van der Waals surface area contributed by atoms with Crippen LogP contribution in [0.25, 0.3) is 5.69 Å². The molecule has 2 N–H and O–H groups in total. The summed E-state index contributed by atoms with van der Waals surface area (Å²) in [5, 5.41) is 2.63. The van der Waals surface area contributed by atoms with Gasteiger partial charge in [-0.15, -0.1) is 0 Å². The van der Waals surface area contributed by atoms with Crippen molar-refractivity contribution in [3.05, 3.63) is 39.6 Å². The molecule has 24 heavy (non-hydrogen) atoms. The van der Waals surface area contributed by atoms with Gasteiger partial charge in [-0.25, -0.2) is 4.68 Å². The zero-order valence-corrected chi connectivity index (χ0v) is 12.8. The van der Waals surface area contributed by atoms with Crippen molar-refractivity contribution < 1.29 is 31.5 Å².